The standard InChI is InChI=1S/C23H31ClN4O3S.ClH/c1-2-3-4-12-25-23(29)27-13-11-19(16-27)15-26(14-18-5-7-20(24)8-6-18)17-21-9-10-22(32-21)28(30)31;/h5-10,19H,2-4,11-17H2,1H3,(H,25,29);1H. The van der Waals surface area contributed by atoms with Gasteiger partial charge in [0.25, 0.3) is 0 Å². The van der Waals surface area contributed by atoms with Gasteiger partial charge < -0.3 is 10.2 Å². The van der Waals surface area contributed by atoms with Gasteiger partial charge in [0.05, 0.1) is 4.92 Å². The second-order valence-corrected chi connectivity index (χ2v) is 9.92. The maximum atomic E-state index is 12.4. The molecule has 1 aliphatic rings. The van der Waals surface area contributed by atoms with Gasteiger partial charge in [-0.1, -0.05) is 54.8 Å². The van der Waals surface area contributed by atoms with E-state index in [-0.39, 0.29) is 28.4 Å². The van der Waals surface area contributed by atoms with Crippen molar-refractivity contribution in [3.8, 4) is 0 Å². The molecule has 3 rings (SSSR count). The Morgan fingerprint density at radius 3 is 2.67 bits per heavy atom. The van der Waals surface area contributed by atoms with E-state index in [1.54, 1.807) is 6.07 Å². The van der Waals surface area contributed by atoms with Crippen molar-refractivity contribution in [1.29, 1.82) is 0 Å². The number of urea groups is 1. The summed E-state index contributed by atoms with van der Waals surface area (Å²) in [6.45, 7) is 6.58. The van der Waals surface area contributed by atoms with Crippen LogP contribution >= 0.6 is 35.3 Å². The van der Waals surface area contributed by atoms with E-state index in [1.165, 1.54) is 11.3 Å². The fourth-order valence-corrected chi connectivity index (χ4v) is 5.00. The topological polar surface area (TPSA) is 78.7 Å². The summed E-state index contributed by atoms with van der Waals surface area (Å²) >= 11 is 7.25. The Morgan fingerprint density at radius 2 is 2.00 bits per heavy atom. The van der Waals surface area contributed by atoms with Gasteiger partial charge in [0.1, 0.15) is 0 Å². The molecule has 1 aliphatic heterocycles. The number of halogens is 2. The highest BCUT2D eigenvalue weighted by Gasteiger charge is 2.28. The largest absolute Gasteiger partial charge is 0.338 e. The fourth-order valence-electron chi connectivity index (χ4n) is 4.02. The molecule has 1 atom stereocenters. The van der Waals surface area contributed by atoms with Crippen molar-refractivity contribution in [3.63, 3.8) is 0 Å². The Balaban J connectivity index is 0.00000385. The van der Waals surface area contributed by atoms with Crippen LogP contribution in [0.1, 0.15) is 43.0 Å². The number of likely N-dealkylation sites (tertiary alicyclic amines) is 1. The van der Waals surface area contributed by atoms with Gasteiger partial charge in [-0.15, -0.1) is 12.4 Å². The van der Waals surface area contributed by atoms with Gasteiger partial charge in [0, 0.05) is 55.2 Å². The molecule has 0 aliphatic carbocycles. The van der Waals surface area contributed by atoms with Crippen LogP contribution in [0.15, 0.2) is 36.4 Å². The lowest BCUT2D eigenvalue weighted by Gasteiger charge is -2.25. The van der Waals surface area contributed by atoms with Gasteiger partial charge in [0.2, 0.25) is 0 Å². The van der Waals surface area contributed by atoms with Gasteiger partial charge in [-0.05, 0) is 42.5 Å². The van der Waals surface area contributed by atoms with Crippen LogP contribution in [0.5, 0.6) is 0 Å². The fraction of sp³-hybridized carbons (Fsp3) is 0.522. The van der Waals surface area contributed by atoms with E-state index < -0.39 is 0 Å². The number of benzene rings is 1. The van der Waals surface area contributed by atoms with Crippen molar-refractivity contribution >= 4 is 46.4 Å². The van der Waals surface area contributed by atoms with Crippen LogP contribution in [0, 0.1) is 16.0 Å². The first-order valence-corrected chi connectivity index (χ1v) is 12.4. The molecule has 0 saturated carbocycles. The molecule has 0 spiro atoms. The number of rotatable bonds is 11. The van der Waals surface area contributed by atoms with E-state index in [9.17, 15) is 14.9 Å². The van der Waals surface area contributed by atoms with Crippen molar-refractivity contribution in [3.05, 3.63) is 62.0 Å². The van der Waals surface area contributed by atoms with Gasteiger partial charge in [-0.25, -0.2) is 4.79 Å². The number of hydrogen-bond donors (Lipinski definition) is 1. The number of carbonyl (C=O) groups is 1. The molecule has 2 heterocycles. The number of nitro groups is 1. The van der Waals surface area contributed by atoms with Crippen LogP contribution < -0.4 is 5.32 Å². The minimum Gasteiger partial charge on any atom is -0.338 e. The third-order valence-electron chi connectivity index (χ3n) is 5.67. The predicted octanol–water partition coefficient (Wildman–Crippen LogP) is 5.96. The molecule has 0 radical (unpaired) electrons. The molecule has 1 aromatic carbocycles. The minimum absolute atomic E-state index is 0. The highest BCUT2D eigenvalue weighted by atomic mass is 35.5. The van der Waals surface area contributed by atoms with Crippen LogP contribution in [-0.4, -0.2) is 46.9 Å². The lowest BCUT2D eigenvalue weighted by Crippen LogP contribution is -2.39. The average molecular weight is 516 g/mol. The summed E-state index contributed by atoms with van der Waals surface area (Å²) in [5.41, 5.74) is 1.14. The minimum atomic E-state index is -0.342. The smallest absolute Gasteiger partial charge is 0.324 e. The van der Waals surface area contributed by atoms with E-state index in [0.717, 1.165) is 68.8 Å². The number of nitrogens with zero attached hydrogens (tertiary/aromatic N) is 3. The third kappa shape index (κ3) is 8.77. The zero-order chi connectivity index (χ0) is 22.9. The lowest BCUT2D eigenvalue weighted by atomic mass is 10.1. The molecule has 1 saturated heterocycles. The molecular formula is C23H32Cl2N4O3S. The van der Waals surface area contributed by atoms with Crippen LogP contribution in [0.3, 0.4) is 0 Å². The lowest BCUT2D eigenvalue weighted by molar-refractivity contribution is -0.380. The zero-order valence-electron chi connectivity index (χ0n) is 18.9. The first-order chi connectivity index (χ1) is 15.4. The molecular weight excluding hydrogens is 483 g/mol. The Morgan fingerprint density at radius 1 is 1.24 bits per heavy atom. The molecule has 182 valence electrons. The molecule has 1 aromatic heterocycles. The second-order valence-electron chi connectivity index (χ2n) is 8.33. The van der Waals surface area contributed by atoms with Gasteiger partial charge in [0.15, 0.2) is 0 Å². The Hall–Kier alpha value is -1.87. The summed E-state index contributed by atoms with van der Waals surface area (Å²) in [7, 11) is 0. The summed E-state index contributed by atoms with van der Waals surface area (Å²) < 4.78 is 0. The monoisotopic (exact) mass is 514 g/mol. The molecule has 1 unspecified atom stereocenters. The highest BCUT2D eigenvalue weighted by molar-refractivity contribution is 7.15. The van der Waals surface area contributed by atoms with Crippen LogP contribution in [0.2, 0.25) is 5.02 Å². The summed E-state index contributed by atoms with van der Waals surface area (Å²) in [5, 5.41) is 15.0. The number of hydrogen-bond acceptors (Lipinski definition) is 5. The molecule has 1 N–H and O–H groups in total. The van der Waals surface area contributed by atoms with Gasteiger partial charge in [-0.2, -0.15) is 0 Å². The molecule has 33 heavy (non-hydrogen) atoms. The summed E-state index contributed by atoms with van der Waals surface area (Å²) in [6.07, 6.45) is 4.24. The first-order valence-electron chi connectivity index (χ1n) is 11.2. The maximum Gasteiger partial charge on any atom is 0.324 e. The van der Waals surface area contributed by atoms with Crippen molar-refractivity contribution in [1.82, 2.24) is 15.1 Å². The van der Waals surface area contributed by atoms with Gasteiger partial charge >= 0.3 is 11.0 Å². The van der Waals surface area contributed by atoms with Crippen LogP contribution in [-0.2, 0) is 13.1 Å². The first kappa shape index (κ1) is 27.4. The average Bonchev–Trinajstić information content (AvgIpc) is 3.43. The number of thiophene rings is 1. The number of nitrogens with one attached hydrogen (secondary N) is 1. The van der Waals surface area contributed by atoms with Crippen molar-refractivity contribution in [2.45, 2.75) is 45.7 Å². The molecule has 0 bridgehead atoms. The second kappa shape index (κ2) is 13.7. The Bertz CT molecular complexity index is 894. The van der Waals surface area contributed by atoms with Crippen molar-refractivity contribution in [2.24, 2.45) is 5.92 Å². The predicted molar refractivity (Wildman–Crippen MR) is 136 cm³/mol. The third-order valence-corrected chi connectivity index (χ3v) is 6.95. The Kier molecular flexibility index (Phi) is 11.4. The summed E-state index contributed by atoms with van der Waals surface area (Å²) in [5.74, 6) is 0.374. The number of amides is 2. The molecule has 7 nitrogen and oxygen atoms in total. The molecule has 1 fully saturated rings. The van der Waals surface area contributed by atoms with Crippen LogP contribution in [0.25, 0.3) is 0 Å². The van der Waals surface area contributed by atoms with E-state index in [2.05, 4.69) is 17.1 Å². The quantitative estimate of drug-likeness (QED) is 0.228. The van der Waals surface area contributed by atoms with E-state index in [0.29, 0.717) is 17.5 Å². The van der Waals surface area contributed by atoms with Crippen LogP contribution in [0.4, 0.5) is 9.80 Å². The van der Waals surface area contributed by atoms with E-state index in [1.807, 2.05) is 35.2 Å². The molecule has 10 heteroatoms. The SMILES string of the molecule is CCCCCNC(=O)N1CCC(CN(Cc2ccc(Cl)cc2)Cc2ccc([N+](=O)[O-])s2)C1.Cl. The highest BCUT2D eigenvalue weighted by Crippen LogP contribution is 2.27. The van der Waals surface area contributed by atoms with Crippen molar-refractivity contribution < 1.29 is 9.72 Å². The van der Waals surface area contributed by atoms with E-state index in [4.69, 9.17) is 11.6 Å². The number of unbranched alkanes of at least 4 members (excludes halogenated alkanes) is 2. The zero-order valence-corrected chi connectivity index (χ0v) is 21.3. The summed E-state index contributed by atoms with van der Waals surface area (Å²) in [6, 6.07) is 11.2. The summed E-state index contributed by atoms with van der Waals surface area (Å²) in [4.78, 5) is 28.4. The van der Waals surface area contributed by atoms with E-state index >= 15 is 0 Å². The van der Waals surface area contributed by atoms with Gasteiger partial charge in [-0.3, -0.25) is 15.0 Å². The number of carbonyl (C=O) groups excluding carboxylic acids is 1. The Labute approximate surface area is 210 Å². The normalized spacial score (nSPS) is 15.5. The maximum absolute atomic E-state index is 12.4. The molecule has 2 amide bonds. The van der Waals surface area contributed by atoms with Crippen molar-refractivity contribution in [2.75, 3.05) is 26.2 Å². The molecule has 2 aromatic rings.